The molecule has 2 heterocycles. The van der Waals surface area contributed by atoms with Gasteiger partial charge in [0, 0.05) is 19.1 Å². The van der Waals surface area contributed by atoms with Gasteiger partial charge >= 0.3 is 0 Å². The summed E-state index contributed by atoms with van der Waals surface area (Å²) in [5.74, 6) is -0.0792. The zero-order chi connectivity index (χ0) is 14.7. The number of piperidine rings is 1. The lowest BCUT2D eigenvalue weighted by Gasteiger charge is -2.30. The number of rotatable bonds is 3. The van der Waals surface area contributed by atoms with Gasteiger partial charge < -0.3 is 10.6 Å². The molecule has 1 aliphatic heterocycles. The summed E-state index contributed by atoms with van der Waals surface area (Å²) in [6, 6.07) is 10.0. The molecule has 110 valence electrons. The van der Waals surface area contributed by atoms with E-state index in [4.69, 9.17) is 5.73 Å². The topological polar surface area (TPSA) is 77.0 Å². The molecule has 3 rings (SSSR count). The second-order valence-electron chi connectivity index (χ2n) is 5.44. The molecular weight excluding hydrogens is 266 g/mol. The molecule has 2 aromatic rings. The van der Waals surface area contributed by atoms with Gasteiger partial charge in [0.05, 0.1) is 12.7 Å². The summed E-state index contributed by atoms with van der Waals surface area (Å²) < 4.78 is 1.69. The summed E-state index contributed by atoms with van der Waals surface area (Å²) in [7, 11) is 0. The molecule has 1 aliphatic rings. The van der Waals surface area contributed by atoms with E-state index in [1.165, 1.54) is 0 Å². The maximum Gasteiger partial charge on any atom is 0.276 e. The van der Waals surface area contributed by atoms with Gasteiger partial charge in [-0.15, -0.1) is 5.10 Å². The van der Waals surface area contributed by atoms with Crippen molar-refractivity contribution in [3.8, 4) is 0 Å². The van der Waals surface area contributed by atoms with Crippen molar-refractivity contribution in [1.29, 1.82) is 0 Å². The molecule has 0 spiro atoms. The quantitative estimate of drug-likeness (QED) is 0.908. The minimum atomic E-state index is -0.0792. The molecule has 6 heteroatoms. The van der Waals surface area contributed by atoms with Crippen molar-refractivity contribution in [3.05, 3.63) is 47.8 Å². The van der Waals surface area contributed by atoms with Gasteiger partial charge in [-0.2, -0.15) is 0 Å². The highest BCUT2D eigenvalue weighted by molar-refractivity contribution is 5.92. The molecule has 6 nitrogen and oxygen atoms in total. The number of hydrogen-bond donors (Lipinski definition) is 1. The van der Waals surface area contributed by atoms with E-state index in [0.717, 1.165) is 24.9 Å². The van der Waals surface area contributed by atoms with Crippen LogP contribution in [0.25, 0.3) is 0 Å². The number of likely N-dealkylation sites (tertiary alicyclic amines) is 1. The lowest BCUT2D eigenvalue weighted by atomic mass is 10.1. The predicted molar refractivity (Wildman–Crippen MR) is 78.7 cm³/mol. The van der Waals surface area contributed by atoms with E-state index in [1.54, 1.807) is 15.8 Å². The van der Waals surface area contributed by atoms with Crippen LogP contribution in [0, 0.1) is 0 Å². The van der Waals surface area contributed by atoms with Gasteiger partial charge in [-0.25, -0.2) is 4.68 Å². The standard InChI is InChI=1S/C15H19N5O/c16-13-7-4-8-19(10-13)15(21)14-11-20(18-17-14)9-12-5-2-1-3-6-12/h1-3,5-6,11,13H,4,7-10,16H2. The Bertz CT molecular complexity index is 610. The average Bonchev–Trinajstić information content (AvgIpc) is 2.96. The van der Waals surface area contributed by atoms with E-state index < -0.39 is 0 Å². The number of carbonyl (C=O) groups is 1. The fourth-order valence-electron chi connectivity index (χ4n) is 2.60. The van der Waals surface area contributed by atoms with Crippen LogP contribution in [-0.2, 0) is 6.54 Å². The van der Waals surface area contributed by atoms with E-state index in [9.17, 15) is 4.79 Å². The minimum Gasteiger partial charge on any atom is -0.336 e. The zero-order valence-corrected chi connectivity index (χ0v) is 11.9. The van der Waals surface area contributed by atoms with Crippen molar-refractivity contribution in [2.24, 2.45) is 5.73 Å². The molecule has 1 unspecified atom stereocenters. The van der Waals surface area contributed by atoms with Gasteiger partial charge in [0.25, 0.3) is 5.91 Å². The smallest absolute Gasteiger partial charge is 0.276 e. The van der Waals surface area contributed by atoms with Crippen molar-refractivity contribution in [2.45, 2.75) is 25.4 Å². The van der Waals surface area contributed by atoms with Crippen LogP contribution < -0.4 is 5.73 Å². The summed E-state index contributed by atoms with van der Waals surface area (Å²) in [4.78, 5) is 14.1. The Hall–Kier alpha value is -2.21. The van der Waals surface area contributed by atoms with Crippen LogP contribution >= 0.6 is 0 Å². The number of aromatic nitrogens is 3. The molecule has 1 atom stereocenters. The van der Waals surface area contributed by atoms with E-state index in [-0.39, 0.29) is 11.9 Å². The number of benzene rings is 1. The largest absolute Gasteiger partial charge is 0.336 e. The molecular formula is C15H19N5O. The van der Waals surface area contributed by atoms with Crippen molar-refractivity contribution < 1.29 is 4.79 Å². The first-order chi connectivity index (χ1) is 10.2. The van der Waals surface area contributed by atoms with Crippen LogP contribution in [0.4, 0.5) is 0 Å². The Kier molecular flexibility index (Phi) is 3.96. The number of amides is 1. The molecule has 1 fully saturated rings. The van der Waals surface area contributed by atoms with Crippen LogP contribution in [0.1, 0.15) is 28.9 Å². The molecule has 0 bridgehead atoms. The number of nitrogens with two attached hydrogens (primary N) is 1. The Morgan fingerprint density at radius 1 is 1.33 bits per heavy atom. The first kappa shape index (κ1) is 13.8. The lowest BCUT2D eigenvalue weighted by molar-refractivity contribution is 0.0702. The van der Waals surface area contributed by atoms with Crippen molar-refractivity contribution in [3.63, 3.8) is 0 Å². The third-order valence-corrected chi connectivity index (χ3v) is 3.69. The maximum atomic E-state index is 12.4. The number of hydrogen-bond acceptors (Lipinski definition) is 4. The van der Waals surface area contributed by atoms with Gasteiger partial charge in [0.15, 0.2) is 5.69 Å². The minimum absolute atomic E-state index is 0.0714. The van der Waals surface area contributed by atoms with E-state index in [2.05, 4.69) is 10.3 Å². The highest BCUT2D eigenvalue weighted by Gasteiger charge is 2.24. The maximum absolute atomic E-state index is 12.4. The first-order valence-corrected chi connectivity index (χ1v) is 7.21. The zero-order valence-electron chi connectivity index (χ0n) is 11.9. The molecule has 0 saturated carbocycles. The lowest BCUT2D eigenvalue weighted by Crippen LogP contribution is -2.45. The molecule has 2 N–H and O–H groups in total. The molecule has 1 aromatic carbocycles. The third kappa shape index (κ3) is 3.28. The monoisotopic (exact) mass is 285 g/mol. The van der Waals surface area contributed by atoms with E-state index >= 15 is 0 Å². The summed E-state index contributed by atoms with van der Waals surface area (Å²) in [5, 5.41) is 8.03. The number of carbonyl (C=O) groups excluding carboxylic acids is 1. The Labute approximate surface area is 123 Å². The molecule has 21 heavy (non-hydrogen) atoms. The van der Waals surface area contributed by atoms with Crippen LogP contribution in [0.5, 0.6) is 0 Å². The van der Waals surface area contributed by atoms with E-state index in [0.29, 0.717) is 18.8 Å². The van der Waals surface area contributed by atoms with Crippen LogP contribution in [0.15, 0.2) is 36.5 Å². The summed E-state index contributed by atoms with van der Waals surface area (Å²) >= 11 is 0. The van der Waals surface area contributed by atoms with Gasteiger partial charge in [0.1, 0.15) is 0 Å². The second-order valence-corrected chi connectivity index (χ2v) is 5.44. The van der Waals surface area contributed by atoms with Gasteiger partial charge in [-0.05, 0) is 18.4 Å². The Balaban J connectivity index is 1.68. The van der Waals surface area contributed by atoms with Crippen molar-refractivity contribution >= 4 is 5.91 Å². The summed E-state index contributed by atoms with van der Waals surface area (Å²) in [6.07, 6.45) is 3.63. The molecule has 0 radical (unpaired) electrons. The van der Waals surface area contributed by atoms with Crippen LogP contribution in [0.2, 0.25) is 0 Å². The molecule has 1 aromatic heterocycles. The second kappa shape index (κ2) is 6.05. The fourth-order valence-corrected chi connectivity index (χ4v) is 2.60. The molecule has 1 amide bonds. The van der Waals surface area contributed by atoms with Gasteiger partial charge in [-0.1, -0.05) is 35.5 Å². The number of nitrogens with zero attached hydrogens (tertiary/aromatic N) is 4. The van der Waals surface area contributed by atoms with Crippen LogP contribution in [-0.4, -0.2) is 44.9 Å². The van der Waals surface area contributed by atoms with E-state index in [1.807, 2.05) is 30.3 Å². The molecule has 0 aliphatic carbocycles. The third-order valence-electron chi connectivity index (χ3n) is 3.69. The van der Waals surface area contributed by atoms with Gasteiger partial charge in [0.2, 0.25) is 0 Å². The summed E-state index contributed by atoms with van der Waals surface area (Å²) in [5.41, 5.74) is 7.43. The Morgan fingerprint density at radius 3 is 2.90 bits per heavy atom. The highest BCUT2D eigenvalue weighted by Crippen LogP contribution is 2.11. The normalized spacial score (nSPS) is 18.7. The van der Waals surface area contributed by atoms with Crippen LogP contribution in [0.3, 0.4) is 0 Å². The Morgan fingerprint density at radius 2 is 2.14 bits per heavy atom. The average molecular weight is 285 g/mol. The highest BCUT2D eigenvalue weighted by atomic mass is 16.2. The first-order valence-electron chi connectivity index (χ1n) is 7.21. The SMILES string of the molecule is NC1CCCN(C(=O)c2cn(Cc3ccccc3)nn2)C1. The van der Waals surface area contributed by atoms with Gasteiger partial charge in [-0.3, -0.25) is 4.79 Å². The molecule has 1 saturated heterocycles. The predicted octanol–water partition coefficient (Wildman–Crippen LogP) is 0.890. The fraction of sp³-hybridized carbons (Fsp3) is 0.400. The summed E-state index contributed by atoms with van der Waals surface area (Å²) in [6.45, 7) is 1.96. The van der Waals surface area contributed by atoms with Crippen molar-refractivity contribution in [1.82, 2.24) is 19.9 Å². The van der Waals surface area contributed by atoms with Crippen molar-refractivity contribution in [2.75, 3.05) is 13.1 Å².